The van der Waals surface area contributed by atoms with Gasteiger partial charge in [-0.25, -0.2) is 0 Å². The van der Waals surface area contributed by atoms with Gasteiger partial charge in [-0.3, -0.25) is 9.59 Å². The monoisotopic (exact) mass is 607 g/mol. The van der Waals surface area contributed by atoms with E-state index in [1.165, 1.54) is 57.1 Å². The van der Waals surface area contributed by atoms with Crippen LogP contribution < -0.4 is 9.47 Å². The molecule has 0 radical (unpaired) electrons. The molecular weight excluding hydrogens is 554 g/mol. The van der Waals surface area contributed by atoms with E-state index in [2.05, 4.69) is 66.3 Å². The van der Waals surface area contributed by atoms with Gasteiger partial charge in [-0.1, -0.05) is 60.1 Å². The predicted molar refractivity (Wildman–Crippen MR) is 177 cm³/mol. The summed E-state index contributed by atoms with van der Waals surface area (Å²) in [6.07, 6.45) is 10.9. The molecule has 43 heavy (non-hydrogen) atoms. The molecule has 7 atom stereocenters. The first kappa shape index (κ1) is 32.3. The van der Waals surface area contributed by atoms with Crippen LogP contribution in [0, 0.1) is 34.5 Å². The molecule has 5 rings (SSSR count). The Morgan fingerprint density at radius 2 is 1.65 bits per heavy atom. The molecule has 1 unspecified atom stereocenters. The van der Waals surface area contributed by atoms with E-state index in [0.29, 0.717) is 28.1 Å². The lowest BCUT2D eigenvalue weighted by atomic mass is 9.34. The maximum atomic E-state index is 12.3. The molecule has 236 valence electrons. The molecule has 3 saturated carbocycles. The number of hydrogen-bond acceptors (Lipinski definition) is 6. The van der Waals surface area contributed by atoms with Gasteiger partial charge in [0, 0.05) is 36.6 Å². The van der Waals surface area contributed by atoms with Crippen LogP contribution in [0.1, 0.15) is 129 Å². The third kappa shape index (κ3) is 5.02. The highest BCUT2D eigenvalue weighted by atomic mass is 32.2. The Balaban J connectivity index is 1.71. The van der Waals surface area contributed by atoms with E-state index in [4.69, 9.17) is 9.47 Å². The van der Waals surface area contributed by atoms with E-state index < -0.39 is 11.9 Å². The van der Waals surface area contributed by atoms with E-state index in [0.717, 1.165) is 24.9 Å². The molecule has 0 N–H and O–H groups in total. The zero-order chi connectivity index (χ0) is 31.8. The number of esters is 2. The van der Waals surface area contributed by atoms with Crippen molar-refractivity contribution in [3.05, 3.63) is 34.4 Å². The maximum Gasteiger partial charge on any atom is 0.308 e. The van der Waals surface area contributed by atoms with Crippen LogP contribution in [0.25, 0.3) is 0 Å². The molecule has 4 aliphatic rings. The SMILES string of the molecule is C=NC[C@]1(C)CC[C@]2(C)CC[C@]3(C)C4=CC(SC(C)C)c5c(cc(OC(C)=O)c(OC(C)=O)c5C)[C@]4(C)CC[C@@]3(C)[C@@H]2C1. The zero-order valence-electron chi connectivity index (χ0n) is 28.2. The first-order valence-corrected chi connectivity index (χ1v) is 17.2. The quantitative estimate of drug-likeness (QED) is 0.140. The van der Waals surface area contributed by atoms with Crippen molar-refractivity contribution in [2.45, 2.75) is 130 Å². The van der Waals surface area contributed by atoms with Crippen LogP contribution in [0.15, 0.2) is 22.7 Å². The highest BCUT2D eigenvalue weighted by molar-refractivity contribution is 8.00. The number of ether oxygens (including phenoxy) is 2. The van der Waals surface area contributed by atoms with Gasteiger partial charge in [0.2, 0.25) is 0 Å². The number of aliphatic imine (C=N–C) groups is 1. The third-order valence-corrected chi connectivity index (χ3v) is 13.7. The van der Waals surface area contributed by atoms with Gasteiger partial charge in [0.15, 0.2) is 11.5 Å². The molecule has 0 aliphatic heterocycles. The van der Waals surface area contributed by atoms with Crippen molar-refractivity contribution in [3.63, 3.8) is 0 Å². The summed E-state index contributed by atoms with van der Waals surface area (Å²) in [5, 5.41) is 0.527. The number of fused-ring (bicyclic) bond motifs is 7. The van der Waals surface area contributed by atoms with Crippen LogP contribution in [0.3, 0.4) is 0 Å². The summed E-state index contributed by atoms with van der Waals surface area (Å²) in [6.45, 7) is 26.7. The Morgan fingerprint density at radius 3 is 2.26 bits per heavy atom. The molecule has 0 aromatic heterocycles. The minimum absolute atomic E-state index is 0.0293. The van der Waals surface area contributed by atoms with Crippen LogP contribution in [0.2, 0.25) is 0 Å². The van der Waals surface area contributed by atoms with Crippen molar-refractivity contribution in [1.82, 2.24) is 0 Å². The molecule has 0 saturated heterocycles. The molecule has 0 bridgehead atoms. The van der Waals surface area contributed by atoms with E-state index >= 15 is 0 Å². The Kier molecular flexibility index (Phi) is 8.10. The second-order valence-electron chi connectivity index (χ2n) is 15.8. The van der Waals surface area contributed by atoms with Crippen LogP contribution in [0.5, 0.6) is 11.5 Å². The highest BCUT2D eigenvalue weighted by Gasteiger charge is 2.66. The summed E-state index contributed by atoms with van der Waals surface area (Å²) in [6, 6.07) is 2.04. The van der Waals surface area contributed by atoms with Crippen LogP contribution >= 0.6 is 11.8 Å². The lowest BCUT2D eigenvalue weighted by Crippen LogP contribution is -2.62. The molecule has 3 fully saturated rings. The Bertz CT molecular complexity index is 1380. The van der Waals surface area contributed by atoms with Crippen LogP contribution in [0.4, 0.5) is 0 Å². The first-order chi connectivity index (χ1) is 19.9. The number of nitrogens with zero attached hydrogens (tertiary/aromatic N) is 1. The lowest BCUT2D eigenvalue weighted by Gasteiger charge is -2.70. The summed E-state index contributed by atoms with van der Waals surface area (Å²) in [5.41, 5.74) is 5.44. The van der Waals surface area contributed by atoms with Crippen molar-refractivity contribution >= 4 is 30.4 Å². The molecule has 4 aliphatic carbocycles. The molecule has 1 aromatic rings. The number of allylic oxidation sites excluding steroid dienone is 1. The largest absolute Gasteiger partial charge is 0.423 e. The molecule has 1 aromatic carbocycles. The van der Waals surface area contributed by atoms with Gasteiger partial charge in [-0.15, -0.1) is 11.8 Å². The van der Waals surface area contributed by atoms with Crippen molar-refractivity contribution in [2.24, 2.45) is 32.6 Å². The summed E-state index contributed by atoms with van der Waals surface area (Å²) >= 11 is 1.96. The van der Waals surface area contributed by atoms with Gasteiger partial charge in [0.1, 0.15) is 0 Å². The second kappa shape index (κ2) is 10.8. The molecule has 5 nitrogen and oxygen atoms in total. The van der Waals surface area contributed by atoms with Gasteiger partial charge in [-0.05, 0) is 109 Å². The topological polar surface area (TPSA) is 65.0 Å². The van der Waals surface area contributed by atoms with Gasteiger partial charge in [0.25, 0.3) is 0 Å². The minimum Gasteiger partial charge on any atom is -0.423 e. The molecule has 6 heteroatoms. The predicted octanol–water partition coefficient (Wildman–Crippen LogP) is 9.34. The third-order valence-electron chi connectivity index (χ3n) is 12.5. The van der Waals surface area contributed by atoms with Gasteiger partial charge < -0.3 is 14.5 Å². The normalized spacial score (nSPS) is 38.2. The number of thioether (sulfide) groups is 1. The highest BCUT2D eigenvalue weighted by Crippen LogP contribution is 2.75. The lowest BCUT2D eigenvalue weighted by molar-refractivity contribution is -0.157. The Labute approximate surface area is 264 Å². The summed E-state index contributed by atoms with van der Waals surface area (Å²) in [7, 11) is 0. The number of hydrogen-bond donors (Lipinski definition) is 0. The Hall–Kier alpha value is -2.08. The summed E-state index contributed by atoms with van der Waals surface area (Å²) in [4.78, 5) is 28.9. The van der Waals surface area contributed by atoms with Crippen molar-refractivity contribution < 1.29 is 19.1 Å². The Morgan fingerprint density at radius 1 is 1.00 bits per heavy atom. The van der Waals surface area contributed by atoms with E-state index in [9.17, 15) is 9.59 Å². The number of benzene rings is 1. The fourth-order valence-corrected chi connectivity index (χ4v) is 11.3. The first-order valence-electron chi connectivity index (χ1n) is 16.3. The summed E-state index contributed by atoms with van der Waals surface area (Å²) in [5.74, 6) is 0.507. The fourth-order valence-electron chi connectivity index (χ4n) is 10.1. The summed E-state index contributed by atoms with van der Waals surface area (Å²) < 4.78 is 11.5. The standard InChI is InChI=1S/C37H53NO4S/c1-22(2)43-28-19-29-35(8,26-18-27(41-24(4)39)32(42-25(5)40)23(3)31(26)28)15-17-37(10)30-20-33(6,21-38-11)12-13-34(30,7)14-16-36(29,37)9/h18-19,22,28,30H,11-17,20-21H2,1-10H3/t28?,30-,33-,34-,35+,36-,37+/m1/s1. The van der Waals surface area contributed by atoms with Crippen molar-refractivity contribution in [2.75, 3.05) is 6.54 Å². The van der Waals surface area contributed by atoms with E-state index in [1.54, 1.807) is 5.57 Å². The second-order valence-corrected chi connectivity index (χ2v) is 17.6. The van der Waals surface area contributed by atoms with Gasteiger partial charge in [0.05, 0.1) is 0 Å². The maximum absolute atomic E-state index is 12.3. The number of carbonyl (C=O) groups excluding carboxylic acids is 2. The fraction of sp³-hybridized carbons (Fsp3) is 0.703. The molecular formula is C37H53NO4S. The van der Waals surface area contributed by atoms with Crippen LogP contribution in [-0.4, -0.2) is 30.5 Å². The van der Waals surface area contributed by atoms with Gasteiger partial charge in [-0.2, -0.15) is 0 Å². The van der Waals surface area contributed by atoms with Crippen LogP contribution in [-0.2, 0) is 15.0 Å². The average molecular weight is 608 g/mol. The van der Waals surface area contributed by atoms with Crippen molar-refractivity contribution in [3.8, 4) is 11.5 Å². The zero-order valence-corrected chi connectivity index (χ0v) is 29.1. The minimum atomic E-state index is -0.417. The average Bonchev–Trinajstić information content (AvgIpc) is 2.89. The van der Waals surface area contributed by atoms with Crippen molar-refractivity contribution in [1.29, 1.82) is 0 Å². The number of carbonyl (C=O) groups is 2. The number of rotatable bonds is 6. The smallest absolute Gasteiger partial charge is 0.308 e. The van der Waals surface area contributed by atoms with E-state index in [-0.39, 0.29) is 26.9 Å². The molecule has 0 heterocycles. The molecule has 0 amide bonds. The van der Waals surface area contributed by atoms with E-state index in [1.807, 2.05) is 24.8 Å². The van der Waals surface area contributed by atoms with Gasteiger partial charge >= 0.3 is 11.9 Å². The molecule has 0 spiro atoms.